The molecular formula is C19H22O4. The van der Waals surface area contributed by atoms with Crippen molar-refractivity contribution < 1.29 is 18.9 Å². The first-order valence-electron chi connectivity index (χ1n) is 7.67. The molecule has 0 radical (unpaired) electrons. The largest absolute Gasteiger partial charge is 0.493 e. The van der Waals surface area contributed by atoms with Crippen LogP contribution >= 0.6 is 0 Å². The summed E-state index contributed by atoms with van der Waals surface area (Å²) in [7, 11) is 6.68. The lowest BCUT2D eigenvalue weighted by atomic mass is 9.99. The van der Waals surface area contributed by atoms with Gasteiger partial charge in [-0.15, -0.1) is 0 Å². The van der Waals surface area contributed by atoms with Crippen molar-refractivity contribution in [2.24, 2.45) is 0 Å². The SMILES string of the molecule is COc1cc2c(cc1OC)Cc1cc(OC)c(OC)cc1CC2. The third kappa shape index (κ3) is 2.81. The predicted molar refractivity (Wildman–Crippen MR) is 89.3 cm³/mol. The minimum absolute atomic E-state index is 0.773. The van der Waals surface area contributed by atoms with Gasteiger partial charge in [0.15, 0.2) is 23.0 Å². The molecule has 0 heterocycles. The number of methoxy groups -OCH3 is 4. The summed E-state index contributed by atoms with van der Waals surface area (Å²) in [6.45, 7) is 0. The van der Waals surface area contributed by atoms with Crippen LogP contribution in [0.2, 0.25) is 0 Å². The standard InChI is InChI=1S/C19H22O4/c1-20-16-8-12-5-6-13-9-17(21-2)19(23-4)11-15(13)7-14(12)10-18(16)22-3/h8-11H,5-7H2,1-4H3. The molecule has 0 aromatic heterocycles. The quantitative estimate of drug-likeness (QED) is 0.866. The molecule has 2 aromatic rings. The second-order valence-corrected chi connectivity index (χ2v) is 5.63. The summed E-state index contributed by atoms with van der Waals surface area (Å²) >= 11 is 0. The molecule has 0 unspecified atom stereocenters. The van der Waals surface area contributed by atoms with E-state index >= 15 is 0 Å². The molecule has 0 atom stereocenters. The predicted octanol–water partition coefficient (Wildman–Crippen LogP) is 3.41. The topological polar surface area (TPSA) is 36.9 Å². The molecule has 0 saturated carbocycles. The summed E-state index contributed by atoms with van der Waals surface area (Å²) in [4.78, 5) is 0. The lowest BCUT2D eigenvalue weighted by Crippen LogP contribution is -1.98. The number of aryl methyl sites for hydroxylation is 2. The Kier molecular flexibility index (Phi) is 4.33. The molecule has 0 saturated heterocycles. The smallest absolute Gasteiger partial charge is 0.161 e. The average Bonchev–Trinajstić information content (AvgIpc) is 2.77. The molecule has 0 fully saturated rings. The minimum atomic E-state index is 0.773. The zero-order chi connectivity index (χ0) is 16.4. The van der Waals surface area contributed by atoms with Gasteiger partial charge in [-0.3, -0.25) is 0 Å². The summed E-state index contributed by atoms with van der Waals surface area (Å²) in [6, 6.07) is 8.35. The molecule has 2 aromatic carbocycles. The molecule has 1 aliphatic rings. The van der Waals surface area contributed by atoms with Crippen LogP contribution < -0.4 is 18.9 Å². The van der Waals surface area contributed by atoms with E-state index in [2.05, 4.69) is 24.3 Å². The van der Waals surface area contributed by atoms with Crippen LogP contribution in [0.5, 0.6) is 23.0 Å². The Morgan fingerprint density at radius 2 is 0.826 bits per heavy atom. The van der Waals surface area contributed by atoms with Crippen LogP contribution in [-0.2, 0) is 19.3 Å². The summed E-state index contributed by atoms with van der Waals surface area (Å²) in [5.41, 5.74) is 5.15. The summed E-state index contributed by atoms with van der Waals surface area (Å²) in [6.07, 6.45) is 2.79. The number of ether oxygens (including phenoxy) is 4. The molecule has 122 valence electrons. The maximum atomic E-state index is 5.44. The van der Waals surface area contributed by atoms with Gasteiger partial charge in [-0.1, -0.05) is 0 Å². The second kappa shape index (κ2) is 6.41. The van der Waals surface area contributed by atoms with Crippen molar-refractivity contribution in [3.63, 3.8) is 0 Å². The first-order valence-corrected chi connectivity index (χ1v) is 7.67. The van der Waals surface area contributed by atoms with Crippen molar-refractivity contribution in [3.8, 4) is 23.0 Å². The van der Waals surface area contributed by atoms with Gasteiger partial charge in [0.05, 0.1) is 28.4 Å². The average molecular weight is 314 g/mol. The van der Waals surface area contributed by atoms with Gasteiger partial charge in [-0.25, -0.2) is 0 Å². The van der Waals surface area contributed by atoms with E-state index in [4.69, 9.17) is 18.9 Å². The Morgan fingerprint density at radius 1 is 0.522 bits per heavy atom. The van der Waals surface area contributed by atoms with Crippen molar-refractivity contribution in [3.05, 3.63) is 46.5 Å². The van der Waals surface area contributed by atoms with Gasteiger partial charge >= 0.3 is 0 Å². The van der Waals surface area contributed by atoms with Gasteiger partial charge in [0.25, 0.3) is 0 Å². The minimum Gasteiger partial charge on any atom is -0.493 e. The monoisotopic (exact) mass is 314 g/mol. The zero-order valence-corrected chi connectivity index (χ0v) is 14.1. The Morgan fingerprint density at radius 3 is 1.13 bits per heavy atom. The third-order valence-electron chi connectivity index (χ3n) is 4.46. The maximum absolute atomic E-state index is 5.44. The van der Waals surface area contributed by atoms with Crippen molar-refractivity contribution >= 4 is 0 Å². The van der Waals surface area contributed by atoms with Crippen LogP contribution in [0, 0.1) is 0 Å². The fourth-order valence-corrected chi connectivity index (χ4v) is 3.20. The van der Waals surface area contributed by atoms with Gasteiger partial charge in [-0.2, -0.15) is 0 Å². The number of benzene rings is 2. The lowest BCUT2D eigenvalue weighted by Gasteiger charge is -2.14. The molecule has 23 heavy (non-hydrogen) atoms. The van der Waals surface area contributed by atoms with E-state index in [1.165, 1.54) is 22.3 Å². The van der Waals surface area contributed by atoms with E-state index < -0.39 is 0 Å². The molecule has 0 aliphatic heterocycles. The second-order valence-electron chi connectivity index (χ2n) is 5.63. The summed E-state index contributed by atoms with van der Waals surface area (Å²) in [5.74, 6) is 3.12. The van der Waals surface area contributed by atoms with Crippen molar-refractivity contribution in [1.29, 1.82) is 0 Å². The highest BCUT2D eigenvalue weighted by molar-refractivity contribution is 5.54. The van der Waals surface area contributed by atoms with Gasteiger partial charge in [0.2, 0.25) is 0 Å². The molecule has 1 aliphatic carbocycles. The number of hydrogen-bond acceptors (Lipinski definition) is 4. The van der Waals surface area contributed by atoms with E-state index in [1.54, 1.807) is 28.4 Å². The van der Waals surface area contributed by atoms with Crippen LogP contribution in [0.25, 0.3) is 0 Å². The Labute approximate surface area is 136 Å². The molecule has 4 heteroatoms. The first-order chi connectivity index (χ1) is 11.2. The molecule has 0 amide bonds. The van der Waals surface area contributed by atoms with E-state index in [9.17, 15) is 0 Å². The molecule has 0 spiro atoms. The van der Waals surface area contributed by atoms with Crippen molar-refractivity contribution in [2.75, 3.05) is 28.4 Å². The van der Waals surface area contributed by atoms with Crippen LogP contribution in [0.4, 0.5) is 0 Å². The highest BCUT2D eigenvalue weighted by atomic mass is 16.5. The highest BCUT2D eigenvalue weighted by Gasteiger charge is 2.19. The molecule has 4 nitrogen and oxygen atoms in total. The van der Waals surface area contributed by atoms with Gasteiger partial charge in [0, 0.05) is 0 Å². The molecule has 0 N–H and O–H groups in total. The first kappa shape index (κ1) is 15.5. The highest BCUT2D eigenvalue weighted by Crippen LogP contribution is 2.37. The van der Waals surface area contributed by atoms with Gasteiger partial charge in [0.1, 0.15) is 0 Å². The third-order valence-corrected chi connectivity index (χ3v) is 4.46. The lowest BCUT2D eigenvalue weighted by molar-refractivity contribution is 0.354. The molecule has 3 rings (SSSR count). The van der Waals surface area contributed by atoms with Crippen LogP contribution in [0.15, 0.2) is 24.3 Å². The van der Waals surface area contributed by atoms with E-state index in [0.29, 0.717) is 0 Å². The van der Waals surface area contributed by atoms with Gasteiger partial charge < -0.3 is 18.9 Å². The normalized spacial score (nSPS) is 12.7. The number of hydrogen-bond donors (Lipinski definition) is 0. The Balaban J connectivity index is 2.06. The molecular weight excluding hydrogens is 292 g/mol. The van der Waals surface area contributed by atoms with E-state index in [0.717, 1.165) is 42.3 Å². The fraction of sp³-hybridized carbons (Fsp3) is 0.368. The zero-order valence-electron chi connectivity index (χ0n) is 14.1. The van der Waals surface area contributed by atoms with Gasteiger partial charge in [-0.05, 0) is 65.8 Å². The van der Waals surface area contributed by atoms with Crippen molar-refractivity contribution in [2.45, 2.75) is 19.3 Å². The maximum Gasteiger partial charge on any atom is 0.161 e. The Bertz CT molecular complexity index is 660. The van der Waals surface area contributed by atoms with Crippen LogP contribution in [0.3, 0.4) is 0 Å². The van der Waals surface area contributed by atoms with Crippen LogP contribution in [-0.4, -0.2) is 28.4 Å². The van der Waals surface area contributed by atoms with E-state index in [1.807, 2.05) is 0 Å². The van der Waals surface area contributed by atoms with Crippen molar-refractivity contribution in [1.82, 2.24) is 0 Å². The summed E-state index contributed by atoms with van der Waals surface area (Å²) < 4.78 is 21.7. The number of rotatable bonds is 4. The molecule has 0 bridgehead atoms. The van der Waals surface area contributed by atoms with Crippen LogP contribution in [0.1, 0.15) is 22.3 Å². The fourth-order valence-electron chi connectivity index (χ4n) is 3.20. The Hall–Kier alpha value is -2.36. The van der Waals surface area contributed by atoms with E-state index in [-0.39, 0.29) is 0 Å². The summed E-state index contributed by atoms with van der Waals surface area (Å²) in [5, 5.41) is 0. The number of fused-ring (bicyclic) bond motifs is 2.